The molecule has 0 aromatic carbocycles. The fourth-order valence-electron chi connectivity index (χ4n) is 1.30. The first-order chi connectivity index (χ1) is 7.15. The van der Waals surface area contributed by atoms with Crippen molar-refractivity contribution in [2.45, 2.75) is 32.9 Å². The van der Waals surface area contributed by atoms with Crippen molar-refractivity contribution in [2.24, 2.45) is 5.73 Å². The minimum absolute atomic E-state index is 0.322. The third-order valence-electron chi connectivity index (χ3n) is 2.37. The average Bonchev–Trinajstić information content (AvgIpc) is 2.26. The molecule has 0 bridgehead atoms. The highest BCUT2D eigenvalue weighted by Crippen LogP contribution is 2.05. The zero-order valence-corrected chi connectivity index (χ0v) is 9.16. The Morgan fingerprint density at radius 1 is 1.67 bits per heavy atom. The van der Waals surface area contributed by atoms with Crippen molar-refractivity contribution >= 4 is 5.91 Å². The predicted molar refractivity (Wildman–Crippen MR) is 59.1 cm³/mol. The van der Waals surface area contributed by atoms with Crippen LogP contribution in [0, 0.1) is 0 Å². The van der Waals surface area contributed by atoms with Crippen LogP contribution in [-0.4, -0.2) is 16.9 Å². The first-order valence-corrected chi connectivity index (χ1v) is 5.10. The maximum absolute atomic E-state index is 10.8. The second-order valence-electron chi connectivity index (χ2n) is 3.47. The standard InChI is InChI=1S/C11H17N3O/c1-3-9-5-4-6-13-10(9)7-14-8(2)11(12)15/h4-6,8,14H,3,7H2,1-2H3,(H2,12,15). The van der Waals surface area contributed by atoms with Gasteiger partial charge in [-0.3, -0.25) is 9.78 Å². The van der Waals surface area contributed by atoms with Gasteiger partial charge in [0.15, 0.2) is 0 Å². The van der Waals surface area contributed by atoms with Crippen molar-refractivity contribution in [3.63, 3.8) is 0 Å². The van der Waals surface area contributed by atoms with Crippen LogP contribution in [0.4, 0.5) is 0 Å². The van der Waals surface area contributed by atoms with Gasteiger partial charge in [-0.05, 0) is 25.0 Å². The van der Waals surface area contributed by atoms with Crippen LogP contribution in [0.2, 0.25) is 0 Å². The zero-order chi connectivity index (χ0) is 11.3. The van der Waals surface area contributed by atoms with E-state index in [2.05, 4.69) is 17.2 Å². The lowest BCUT2D eigenvalue weighted by molar-refractivity contribution is -0.119. The van der Waals surface area contributed by atoms with E-state index >= 15 is 0 Å². The molecule has 1 rings (SSSR count). The first kappa shape index (κ1) is 11.7. The summed E-state index contributed by atoms with van der Waals surface area (Å²) in [5, 5.41) is 3.04. The molecule has 4 heteroatoms. The molecule has 0 saturated carbocycles. The van der Waals surface area contributed by atoms with E-state index in [9.17, 15) is 4.79 Å². The summed E-state index contributed by atoms with van der Waals surface area (Å²) < 4.78 is 0. The van der Waals surface area contributed by atoms with E-state index in [0.29, 0.717) is 6.54 Å². The molecule has 1 heterocycles. The average molecular weight is 207 g/mol. The summed E-state index contributed by atoms with van der Waals surface area (Å²) in [6.07, 6.45) is 2.70. The Bertz CT molecular complexity index is 338. The molecule has 0 spiro atoms. The monoisotopic (exact) mass is 207 g/mol. The van der Waals surface area contributed by atoms with Crippen molar-refractivity contribution in [3.8, 4) is 0 Å². The number of hydrogen-bond acceptors (Lipinski definition) is 3. The third kappa shape index (κ3) is 3.32. The lowest BCUT2D eigenvalue weighted by Gasteiger charge is -2.11. The zero-order valence-electron chi connectivity index (χ0n) is 9.16. The maximum Gasteiger partial charge on any atom is 0.234 e. The van der Waals surface area contributed by atoms with Crippen LogP contribution in [-0.2, 0) is 17.8 Å². The van der Waals surface area contributed by atoms with Crippen LogP contribution in [0.25, 0.3) is 0 Å². The Labute approximate surface area is 89.9 Å². The lowest BCUT2D eigenvalue weighted by atomic mass is 10.1. The fraction of sp³-hybridized carbons (Fsp3) is 0.455. The SMILES string of the molecule is CCc1cccnc1CNC(C)C(N)=O. The molecule has 15 heavy (non-hydrogen) atoms. The summed E-state index contributed by atoms with van der Waals surface area (Å²) in [5.74, 6) is -0.344. The van der Waals surface area contributed by atoms with Gasteiger partial charge in [-0.1, -0.05) is 13.0 Å². The molecule has 3 N–H and O–H groups in total. The molecular weight excluding hydrogens is 190 g/mol. The molecule has 0 aliphatic rings. The van der Waals surface area contributed by atoms with Crippen LogP contribution in [0.5, 0.6) is 0 Å². The van der Waals surface area contributed by atoms with E-state index < -0.39 is 0 Å². The third-order valence-corrected chi connectivity index (χ3v) is 2.37. The van der Waals surface area contributed by atoms with Gasteiger partial charge in [-0.25, -0.2) is 0 Å². The number of nitrogens with two attached hydrogens (primary N) is 1. The van der Waals surface area contributed by atoms with Gasteiger partial charge in [0.25, 0.3) is 0 Å². The maximum atomic E-state index is 10.8. The highest BCUT2D eigenvalue weighted by atomic mass is 16.1. The van der Waals surface area contributed by atoms with Gasteiger partial charge in [0.2, 0.25) is 5.91 Å². The summed E-state index contributed by atoms with van der Waals surface area (Å²) >= 11 is 0. The molecule has 0 radical (unpaired) electrons. The molecule has 82 valence electrons. The number of amides is 1. The van der Waals surface area contributed by atoms with Gasteiger partial charge < -0.3 is 11.1 Å². The van der Waals surface area contributed by atoms with Crippen LogP contribution in [0.3, 0.4) is 0 Å². The van der Waals surface area contributed by atoms with Gasteiger partial charge >= 0.3 is 0 Å². The molecule has 0 saturated heterocycles. The Balaban J connectivity index is 2.60. The second kappa shape index (κ2) is 5.46. The van der Waals surface area contributed by atoms with Gasteiger partial charge in [0, 0.05) is 12.7 Å². The Hall–Kier alpha value is -1.42. The number of rotatable bonds is 5. The molecule has 0 aliphatic carbocycles. The smallest absolute Gasteiger partial charge is 0.234 e. The van der Waals surface area contributed by atoms with E-state index in [1.807, 2.05) is 12.1 Å². The largest absolute Gasteiger partial charge is 0.368 e. The number of hydrogen-bond donors (Lipinski definition) is 2. The first-order valence-electron chi connectivity index (χ1n) is 5.10. The summed E-state index contributed by atoms with van der Waals surface area (Å²) in [5.41, 5.74) is 7.32. The van der Waals surface area contributed by atoms with Crippen LogP contribution in [0.15, 0.2) is 18.3 Å². The van der Waals surface area contributed by atoms with Crippen LogP contribution < -0.4 is 11.1 Å². The number of carbonyl (C=O) groups excluding carboxylic acids is 1. The Kier molecular flexibility index (Phi) is 4.24. The molecule has 1 aromatic heterocycles. The number of pyridine rings is 1. The fourth-order valence-corrected chi connectivity index (χ4v) is 1.30. The quantitative estimate of drug-likeness (QED) is 0.743. The van der Waals surface area contributed by atoms with Gasteiger partial charge in [0.05, 0.1) is 11.7 Å². The summed E-state index contributed by atoms with van der Waals surface area (Å²) in [4.78, 5) is 15.1. The van der Waals surface area contributed by atoms with E-state index in [1.54, 1.807) is 13.1 Å². The molecular formula is C11H17N3O. The van der Waals surface area contributed by atoms with E-state index in [-0.39, 0.29) is 11.9 Å². The summed E-state index contributed by atoms with van der Waals surface area (Å²) in [7, 11) is 0. The van der Waals surface area contributed by atoms with E-state index in [0.717, 1.165) is 12.1 Å². The number of carbonyl (C=O) groups is 1. The van der Waals surface area contributed by atoms with Gasteiger partial charge in [-0.2, -0.15) is 0 Å². The van der Waals surface area contributed by atoms with Crippen LogP contribution >= 0.6 is 0 Å². The van der Waals surface area contributed by atoms with E-state index in [4.69, 9.17) is 5.73 Å². The number of aromatic nitrogens is 1. The molecule has 1 unspecified atom stereocenters. The molecule has 0 aliphatic heterocycles. The molecule has 4 nitrogen and oxygen atoms in total. The molecule has 1 atom stereocenters. The van der Waals surface area contributed by atoms with Gasteiger partial charge in [0.1, 0.15) is 0 Å². The minimum Gasteiger partial charge on any atom is -0.368 e. The molecule has 0 fully saturated rings. The summed E-state index contributed by atoms with van der Waals surface area (Å²) in [6.45, 7) is 4.41. The molecule has 1 amide bonds. The van der Waals surface area contributed by atoms with Crippen molar-refractivity contribution < 1.29 is 4.79 Å². The van der Waals surface area contributed by atoms with Crippen LogP contribution in [0.1, 0.15) is 25.1 Å². The Morgan fingerprint density at radius 3 is 3.00 bits per heavy atom. The second-order valence-corrected chi connectivity index (χ2v) is 3.47. The van der Waals surface area contributed by atoms with Crippen molar-refractivity contribution in [3.05, 3.63) is 29.6 Å². The van der Waals surface area contributed by atoms with Gasteiger partial charge in [-0.15, -0.1) is 0 Å². The van der Waals surface area contributed by atoms with E-state index in [1.165, 1.54) is 5.56 Å². The topological polar surface area (TPSA) is 68.0 Å². The number of primary amides is 1. The van der Waals surface area contributed by atoms with Crippen molar-refractivity contribution in [2.75, 3.05) is 0 Å². The van der Waals surface area contributed by atoms with Crippen molar-refractivity contribution in [1.82, 2.24) is 10.3 Å². The summed E-state index contributed by atoms with van der Waals surface area (Å²) in [6, 6.07) is 3.63. The molecule has 1 aromatic rings. The highest BCUT2D eigenvalue weighted by molar-refractivity contribution is 5.79. The Morgan fingerprint density at radius 2 is 2.40 bits per heavy atom. The minimum atomic E-state index is -0.344. The number of aryl methyl sites for hydroxylation is 1. The van der Waals surface area contributed by atoms with Crippen molar-refractivity contribution in [1.29, 1.82) is 0 Å². The highest BCUT2D eigenvalue weighted by Gasteiger charge is 2.08. The lowest BCUT2D eigenvalue weighted by Crippen LogP contribution is -2.38. The number of nitrogens with one attached hydrogen (secondary N) is 1. The normalized spacial score (nSPS) is 12.4. The number of nitrogens with zero attached hydrogens (tertiary/aromatic N) is 1. The predicted octanol–water partition coefficient (Wildman–Crippen LogP) is 0.607.